The van der Waals surface area contributed by atoms with Crippen molar-refractivity contribution in [2.45, 2.75) is 37.4 Å². The summed E-state index contributed by atoms with van der Waals surface area (Å²) < 4.78 is 0. The maximum absolute atomic E-state index is 11.5. The van der Waals surface area contributed by atoms with Crippen LogP contribution in [0.5, 0.6) is 0 Å². The van der Waals surface area contributed by atoms with Crippen molar-refractivity contribution in [2.24, 2.45) is 0 Å². The van der Waals surface area contributed by atoms with E-state index in [0.29, 0.717) is 13.0 Å². The Hall–Kier alpha value is -1.68. The van der Waals surface area contributed by atoms with Crippen LogP contribution in [0.4, 0.5) is 0 Å². The molecule has 0 amide bonds. The smallest absolute Gasteiger partial charge is 0.117 e. The van der Waals surface area contributed by atoms with Gasteiger partial charge >= 0.3 is 0 Å². The second-order valence-electron chi connectivity index (χ2n) is 6.81. The van der Waals surface area contributed by atoms with Gasteiger partial charge in [0.15, 0.2) is 0 Å². The van der Waals surface area contributed by atoms with E-state index in [0.717, 1.165) is 24.2 Å². The van der Waals surface area contributed by atoms with E-state index in [1.54, 1.807) is 0 Å². The molecule has 3 rings (SSSR count). The predicted molar refractivity (Wildman–Crippen MR) is 96.8 cm³/mol. The molecule has 1 saturated heterocycles. The van der Waals surface area contributed by atoms with Crippen LogP contribution < -0.4 is 0 Å². The average Bonchev–Trinajstić information content (AvgIpc) is 2.64. The molecular weight excluding hydrogens is 298 g/mol. The second kappa shape index (κ2) is 7.93. The molecule has 3 heteroatoms. The standard InChI is InChI=1S/C21H27NO2/c23-20(17-22-14-8-3-9-15-22)16-21(24,18-10-4-1-5-11-18)19-12-6-2-7-13-19/h1-2,4-7,10-13,20,23-24H,3,8-9,14-17H2. The highest BCUT2D eigenvalue weighted by Crippen LogP contribution is 2.34. The lowest BCUT2D eigenvalue weighted by Crippen LogP contribution is -2.40. The molecule has 2 aromatic carbocycles. The van der Waals surface area contributed by atoms with Crippen molar-refractivity contribution >= 4 is 0 Å². The summed E-state index contributed by atoms with van der Waals surface area (Å²) in [6.45, 7) is 2.72. The van der Waals surface area contributed by atoms with E-state index in [2.05, 4.69) is 4.90 Å². The Bertz CT molecular complexity index is 569. The molecule has 1 fully saturated rings. The fourth-order valence-corrected chi connectivity index (χ4v) is 3.68. The number of hydrogen-bond donors (Lipinski definition) is 2. The number of nitrogens with zero attached hydrogens (tertiary/aromatic N) is 1. The van der Waals surface area contributed by atoms with Gasteiger partial charge in [-0.25, -0.2) is 0 Å². The van der Waals surface area contributed by atoms with Gasteiger partial charge in [-0.1, -0.05) is 67.1 Å². The summed E-state index contributed by atoms with van der Waals surface area (Å²) in [7, 11) is 0. The van der Waals surface area contributed by atoms with Crippen LogP contribution in [0.1, 0.15) is 36.8 Å². The highest BCUT2D eigenvalue weighted by atomic mass is 16.3. The molecule has 2 N–H and O–H groups in total. The van der Waals surface area contributed by atoms with Crippen molar-refractivity contribution < 1.29 is 10.2 Å². The highest BCUT2D eigenvalue weighted by molar-refractivity contribution is 5.36. The van der Waals surface area contributed by atoms with Gasteiger partial charge < -0.3 is 15.1 Å². The lowest BCUT2D eigenvalue weighted by molar-refractivity contribution is 0.00216. The molecule has 2 aromatic rings. The molecule has 128 valence electrons. The van der Waals surface area contributed by atoms with E-state index in [1.165, 1.54) is 19.3 Å². The predicted octanol–water partition coefficient (Wildman–Crippen LogP) is 3.16. The molecule has 24 heavy (non-hydrogen) atoms. The first-order valence-electron chi connectivity index (χ1n) is 8.92. The van der Waals surface area contributed by atoms with Crippen LogP contribution in [0, 0.1) is 0 Å². The maximum atomic E-state index is 11.5. The number of β-amino-alcohol motifs (C(OH)–C–C–N with tert-alkyl or cyclic N) is 1. The Morgan fingerprint density at radius 2 is 1.33 bits per heavy atom. The molecule has 0 bridgehead atoms. The van der Waals surface area contributed by atoms with Crippen molar-refractivity contribution in [1.82, 2.24) is 4.90 Å². The molecule has 0 spiro atoms. The molecule has 3 nitrogen and oxygen atoms in total. The van der Waals surface area contributed by atoms with Crippen LogP contribution >= 0.6 is 0 Å². The molecule has 1 unspecified atom stereocenters. The second-order valence-corrected chi connectivity index (χ2v) is 6.81. The summed E-state index contributed by atoms with van der Waals surface area (Å²) in [5.41, 5.74) is 0.486. The third-order valence-electron chi connectivity index (χ3n) is 4.95. The van der Waals surface area contributed by atoms with Gasteiger partial charge in [0.25, 0.3) is 0 Å². The average molecular weight is 325 g/mol. The SMILES string of the molecule is OC(CN1CCCCC1)CC(O)(c1ccccc1)c1ccccc1. The zero-order valence-electron chi connectivity index (χ0n) is 14.1. The summed E-state index contributed by atoms with van der Waals surface area (Å²) in [4.78, 5) is 2.31. The van der Waals surface area contributed by atoms with Crippen LogP contribution in [-0.2, 0) is 5.60 Å². The molecule has 0 saturated carbocycles. The Labute approximate surface area is 144 Å². The normalized spacial score (nSPS) is 17.6. The molecule has 0 aliphatic carbocycles. The zero-order chi connectivity index (χ0) is 16.8. The Morgan fingerprint density at radius 1 is 0.833 bits per heavy atom. The largest absolute Gasteiger partial charge is 0.392 e. The zero-order valence-corrected chi connectivity index (χ0v) is 14.1. The Balaban J connectivity index is 1.80. The van der Waals surface area contributed by atoms with Crippen molar-refractivity contribution in [3.05, 3.63) is 71.8 Å². The van der Waals surface area contributed by atoms with Gasteiger partial charge in [0, 0.05) is 13.0 Å². The van der Waals surface area contributed by atoms with E-state index in [-0.39, 0.29) is 0 Å². The van der Waals surface area contributed by atoms with Crippen molar-refractivity contribution in [1.29, 1.82) is 0 Å². The quantitative estimate of drug-likeness (QED) is 0.857. The molecule has 1 heterocycles. The minimum absolute atomic E-state index is 0.303. The van der Waals surface area contributed by atoms with Crippen molar-refractivity contribution in [3.63, 3.8) is 0 Å². The first kappa shape index (κ1) is 17.2. The lowest BCUT2D eigenvalue weighted by Gasteiger charge is -2.34. The van der Waals surface area contributed by atoms with E-state index in [4.69, 9.17) is 0 Å². The van der Waals surface area contributed by atoms with Gasteiger partial charge in [0.05, 0.1) is 6.10 Å². The summed E-state index contributed by atoms with van der Waals surface area (Å²) >= 11 is 0. The third-order valence-corrected chi connectivity index (χ3v) is 4.95. The van der Waals surface area contributed by atoms with Gasteiger partial charge in [0.1, 0.15) is 5.60 Å². The molecule has 1 aliphatic heterocycles. The number of piperidine rings is 1. The molecule has 1 atom stereocenters. The monoisotopic (exact) mass is 325 g/mol. The van der Waals surface area contributed by atoms with E-state index in [1.807, 2.05) is 60.7 Å². The van der Waals surface area contributed by atoms with Crippen LogP contribution in [0.15, 0.2) is 60.7 Å². The van der Waals surface area contributed by atoms with E-state index >= 15 is 0 Å². The first-order valence-corrected chi connectivity index (χ1v) is 8.92. The minimum Gasteiger partial charge on any atom is -0.392 e. The van der Waals surface area contributed by atoms with Crippen LogP contribution in [0.2, 0.25) is 0 Å². The fraction of sp³-hybridized carbons (Fsp3) is 0.429. The Morgan fingerprint density at radius 3 is 1.83 bits per heavy atom. The number of benzene rings is 2. The molecule has 1 aliphatic rings. The van der Waals surface area contributed by atoms with E-state index in [9.17, 15) is 10.2 Å². The van der Waals surface area contributed by atoms with E-state index < -0.39 is 11.7 Å². The summed E-state index contributed by atoms with van der Waals surface area (Å²) in [5.74, 6) is 0. The first-order chi connectivity index (χ1) is 11.7. The summed E-state index contributed by atoms with van der Waals surface area (Å²) in [6.07, 6.45) is 3.43. The van der Waals surface area contributed by atoms with Gasteiger partial charge in [-0.15, -0.1) is 0 Å². The van der Waals surface area contributed by atoms with Gasteiger partial charge in [-0.05, 0) is 37.1 Å². The number of hydrogen-bond acceptors (Lipinski definition) is 3. The van der Waals surface area contributed by atoms with Gasteiger partial charge in [0.2, 0.25) is 0 Å². The van der Waals surface area contributed by atoms with Gasteiger partial charge in [-0.2, -0.15) is 0 Å². The van der Waals surface area contributed by atoms with Crippen LogP contribution in [0.25, 0.3) is 0 Å². The third kappa shape index (κ3) is 4.04. The number of aliphatic hydroxyl groups excluding tert-OH is 1. The molecular formula is C21H27NO2. The molecule has 0 aromatic heterocycles. The van der Waals surface area contributed by atoms with Gasteiger partial charge in [-0.3, -0.25) is 0 Å². The fourth-order valence-electron chi connectivity index (χ4n) is 3.68. The minimum atomic E-state index is -1.17. The number of likely N-dealkylation sites (tertiary alicyclic amines) is 1. The Kier molecular flexibility index (Phi) is 5.67. The lowest BCUT2D eigenvalue weighted by atomic mass is 9.81. The highest BCUT2D eigenvalue weighted by Gasteiger charge is 2.34. The maximum Gasteiger partial charge on any atom is 0.117 e. The van der Waals surface area contributed by atoms with Crippen LogP contribution in [0.3, 0.4) is 0 Å². The summed E-state index contributed by atoms with van der Waals surface area (Å²) in [6, 6.07) is 19.3. The molecule has 0 radical (unpaired) electrons. The van der Waals surface area contributed by atoms with Crippen molar-refractivity contribution in [2.75, 3.05) is 19.6 Å². The topological polar surface area (TPSA) is 43.7 Å². The van der Waals surface area contributed by atoms with Crippen LogP contribution in [-0.4, -0.2) is 40.9 Å². The number of aliphatic hydroxyl groups is 2. The summed E-state index contributed by atoms with van der Waals surface area (Å²) in [5, 5.41) is 22.1. The number of rotatable bonds is 6. The van der Waals surface area contributed by atoms with Crippen molar-refractivity contribution in [3.8, 4) is 0 Å².